The number of nitrogens with zero attached hydrogens (tertiary/aromatic N) is 1. The maximum Gasteiger partial charge on any atom is 0.140 e. The second-order valence-corrected chi connectivity index (χ2v) is 5.26. The molecule has 1 aromatic heterocycles. The van der Waals surface area contributed by atoms with E-state index in [0.29, 0.717) is 18.0 Å². The first-order chi connectivity index (χ1) is 6.88. The third-order valence-electron chi connectivity index (χ3n) is 1.84. The van der Waals surface area contributed by atoms with Gasteiger partial charge in [0.25, 0.3) is 0 Å². The molecule has 0 bridgehead atoms. The third-order valence-corrected chi connectivity index (χ3v) is 2.65. The Morgan fingerprint density at radius 2 is 2.27 bits per heavy atom. The molecule has 0 aliphatic heterocycles. The largest absolute Gasteiger partial charge is 0.390 e. The van der Waals surface area contributed by atoms with Crippen molar-refractivity contribution in [3.05, 3.63) is 21.8 Å². The van der Waals surface area contributed by atoms with E-state index in [0.717, 1.165) is 10.3 Å². The van der Waals surface area contributed by atoms with Gasteiger partial charge in [-0.15, -0.1) is 0 Å². The molecule has 0 saturated carbocycles. The van der Waals surface area contributed by atoms with Gasteiger partial charge in [0.15, 0.2) is 0 Å². The lowest BCUT2D eigenvalue weighted by Gasteiger charge is -2.17. The molecular weight excluding hydrogens is 279 g/mol. The molecule has 0 amide bonds. The Morgan fingerprint density at radius 1 is 1.60 bits per heavy atom. The molecular formula is C10H14BrClN2O. The number of aromatic nitrogens is 1. The molecule has 15 heavy (non-hydrogen) atoms. The quantitative estimate of drug-likeness (QED) is 0.897. The lowest BCUT2D eigenvalue weighted by Crippen LogP contribution is -2.22. The highest BCUT2D eigenvalue weighted by atomic mass is 79.9. The molecule has 1 aromatic rings. The van der Waals surface area contributed by atoms with Crippen LogP contribution in [0.15, 0.2) is 16.7 Å². The maximum absolute atomic E-state index is 9.52. The van der Waals surface area contributed by atoms with Crippen molar-refractivity contribution >= 4 is 33.3 Å². The topological polar surface area (TPSA) is 45.1 Å². The normalized spacial score (nSPS) is 11.5. The monoisotopic (exact) mass is 292 g/mol. The Morgan fingerprint density at radius 3 is 2.80 bits per heavy atom. The van der Waals surface area contributed by atoms with Gasteiger partial charge in [0, 0.05) is 12.7 Å². The predicted octanol–water partition coefficient (Wildman–Crippen LogP) is 3.07. The summed E-state index contributed by atoms with van der Waals surface area (Å²) in [6.45, 7) is 4.22. The molecule has 2 N–H and O–H groups in total. The van der Waals surface area contributed by atoms with Crippen LogP contribution < -0.4 is 5.32 Å². The maximum atomic E-state index is 9.52. The highest BCUT2D eigenvalue weighted by Crippen LogP contribution is 2.23. The number of aliphatic hydroxyl groups is 1. The summed E-state index contributed by atoms with van der Waals surface area (Å²) in [6.07, 6.45) is 2.24. The number of hydrogen-bond acceptors (Lipinski definition) is 3. The highest BCUT2D eigenvalue weighted by molar-refractivity contribution is 9.10. The molecule has 0 atom stereocenters. The summed E-state index contributed by atoms with van der Waals surface area (Å²) >= 11 is 9.12. The predicted molar refractivity (Wildman–Crippen MR) is 66.4 cm³/mol. The smallest absolute Gasteiger partial charge is 0.140 e. The van der Waals surface area contributed by atoms with Crippen molar-refractivity contribution in [2.75, 3.05) is 11.9 Å². The number of anilines is 1. The van der Waals surface area contributed by atoms with Crippen LogP contribution in [0, 0.1) is 0 Å². The summed E-state index contributed by atoms with van der Waals surface area (Å²) in [4.78, 5) is 4.13. The van der Waals surface area contributed by atoms with Gasteiger partial charge >= 0.3 is 0 Å². The number of nitrogens with one attached hydrogen (secondary N) is 1. The van der Waals surface area contributed by atoms with Gasteiger partial charge in [-0.2, -0.15) is 0 Å². The molecule has 0 radical (unpaired) electrons. The van der Waals surface area contributed by atoms with Crippen LogP contribution in [0.5, 0.6) is 0 Å². The van der Waals surface area contributed by atoms with E-state index < -0.39 is 5.60 Å². The summed E-state index contributed by atoms with van der Waals surface area (Å²) in [5.41, 5.74) is -0.661. The zero-order valence-electron chi connectivity index (χ0n) is 8.72. The molecule has 0 aromatic carbocycles. The van der Waals surface area contributed by atoms with E-state index in [1.54, 1.807) is 26.1 Å². The van der Waals surface area contributed by atoms with Crippen molar-refractivity contribution in [1.29, 1.82) is 0 Å². The summed E-state index contributed by atoms with van der Waals surface area (Å²) in [6, 6.07) is 1.78. The molecule has 0 aliphatic rings. The van der Waals surface area contributed by atoms with E-state index in [1.807, 2.05) is 0 Å². The summed E-state index contributed by atoms with van der Waals surface area (Å²) in [5, 5.41) is 13.2. The van der Waals surface area contributed by atoms with Gasteiger partial charge in [-0.25, -0.2) is 4.98 Å². The minimum absolute atomic E-state index is 0.593. The SMILES string of the molecule is CC(C)(O)CCNc1ncc(Cl)cc1Br. The van der Waals surface area contributed by atoms with Crippen molar-refractivity contribution < 1.29 is 5.11 Å². The lowest BCUT2D eigenvalue weighted by molar-refractivity contribution is 0.0748. The van der Waals surface area contributed by atoms with E-state index in [1.165, 1.54) is 0 Å². The standard InChI is InChI=1S/C10H14BrClN2O/c1-10(2,15)3-4-13-9-8(11)5-7(12)6-14-9/h5-6,15H,3-4H2,1-2H3,(H,13,14). The van der Waals surface area contributed by atoms with Gasteiger partial charge in [0.2, 0.25) is 0 Å². The Balaban J connectivity index is 2.51. The third kappa shape index (κ3) is 4.82. The number of pyridine rings is 1. The van der Waals surface area contributed by atoms with Crippen LogP contribution in [-0.4, -0.2) is 22.2 Å². The van der Waals surface area contributed by atoms with Gasteiger partial charge < -0.3 is 10.4 Å². The fourth-order valence-corrected chi connectivity index (χ4v) is 1.81. The number of hydrogen-bond donors (Lipinski definition) is 2. The molecule has 0 fully saturated rings. The molecule has 0 aliphatic carbocycles. The lowest BCUT2D eigenvalue weighted by atomic mass is 10.1. The minimum atomic E-state index is -0.661. The molecule has 1 heterocycles. The Hall–Kier alpha value is -0.320. The Labute approximate surface area is 103 Å². The first-order valence-electron chi connectivity index (χ1n) is 4.66. The minimum Gasteiger partial charge on any atom is -0.390 e. The van der Waals surface area contributed by atoms with Crippen LogP contribution in [0.3, 0.4) is 0 Å². The van der Waals surface area contributed by atoms with Gasteiger partial charge in [0.1, 0.15) is 5.82 Å². The first kappa shape index (κ1) is 12.7. The summed E-state index contributed by atoms with van der Waals surface area (Å²) < 4.78 is 0.825. The van der Waals surface area contributed by atoms with Gasteiger partial charge in [0.05, 0.1) is 15.1 Å². The van der Waals surface area contributed by atoms with E-state index in [9.17, 15) is 5.11 Å². The van der Waals surface area contributed by atoms with Crippen LogP contribution >= 0.6 is 27.5 Å². The fourth-order valence-electron chi connectivity index (χ4n) is 1.03. The fraction of sp³-hybridized carbons (Fsp3) is 0.500. The number of halogens is 2. The van der Waals surface area contributed by atoms with Gasteiger partial charge in [-0.1, -0.05) is 11.6 Å². The molecule has 0 spiro atoms. The van der Waals surface area contributed by atoms with Crippen LogP contribution in [0.2, 0.25) is 5.02 Å². The van der Waals surface area contributed by atoms with Gasteiger partial charge in [-0.05, 0) is 42.3 Å². The van der Waals surface area contributed by atoms with Crippen LogP contribution in [0.1, 0.15) is 20.3 Å². The van der Waals surface area contributed by atoms with E-state index >= 15 is 0 Å². The second-order valence-electron chi connectivity index (χ2n) is 3.97. The second kappa shape index (κ2) is 5.14. The average Bonchev–Trinajstić information content (AvgIpc) is 2.07. The van der Waals surface area contributed by atoms with E-state index in [-0.39, 0.29) is 0 Å². The Bertz CT molecular complexity index is 339. The van der Waals surface area contributed by atoms with Gasteiger partial charge in [-0.3, -0.25) is 0 Å². The summed E-state index contributed by atoms with van der Waals surface area (Å²) in [5.74, 6) is 0.739. The molecule has 0 unspecified atom stereocenters. The van der Waals surface area contributed by atoms with Crippen molar-refractivity contribution in [3.8, 4) is 0 Å². The van der Waals surface area contributed by atoms with Crippen molar-refractivity contribution in [3.63, 3.8) is 0 Å². The molecule has 1 rings (SSSR count). The first-order valence-corrected chi connectivity index (χ1v) is 5.83. The molecule has 84 valence electrons. The van der Waals surface area contributed by atoms with Crippen LogP contribution in [0.4, 0.5) is 5.82 Å². The van der Waals surface area contributed by atoms with Crippen LogP contribution in [-0.2, 0) is 0 Å². The van der Waals surface area contributed by atoms with E-state index in [2.05, 4.69) is 26.2 Å². The van der Waals surface area contributed by atoms with Crippen molar-refractivity contribution in [2.45, 2.75) is 25.9 Å². The van der Waals surface area contributed by atoms with Crippen LogP contribution in [0.25, 0.3) is 0 Å². The van der Waals surface area contributed by atoms with Crippen molar-refractivity contribution in [1.82, 2.24) is 4.98 Å². The average molecular weight is 294 g/mol. The van der Waals surface area contributed by atoms with Crippen molar-refractivity contribution in [2.24, 2.45) is 0 Å². The Kier molecular flexibility index (Phi) is 4.37. The highest BCUT2D eigenvalue weighted by Gasteiger charge is 2.11. The molecule has 3 nitrogen and oxygen atoms in total. The number of rotatable bonds is 4. The zero-order valence-corrected chi connectivity index (χ0v) is 11.1. The molecule has 0 saturated heterocycles. The zero-order chi connectivity index (χ0) is 11.5. The summed E-state index contributed by atoms with van der Waals surface area (Å²) in [7, 11) is 0. The molecule has 5 heteroatoms. The van der Waals surface area contributed by atoms with E-state index in [4.69, 9.17) is 11.6 Å².